The molecule has 0 radical (unpaired) electrons. The molecular formula is C16H27NO. The van der Waals surface area contributed by atoms with Crippen molar-refractivity contribution in [2.75, 3.05) is 20.6 Å². The molecule has 18 heavy (non-hydrogen) atoms. The third-order valence-electron chi connectivity index (χ3n) is 3.83. The van der Waals surface area contributed by atoms with Gasteiger partial charge in [-0.15, -0.1) is 0 Å². The van der Waals surface area contributed by atoms with E-state index in [-0.39, 0.29) is 5.92 Å². The van der Waals surface area contributed by atoms with Crippen molar-refractivity contribution in [3.05, 3.63) is 35.4 Å². The SMILES string of the molecule is CCc1cccc(C(O)(CC)C(C)CN(C)C)c1. The molecule has 2 atom stereocenters. The van der Waals surface area contributed by atoms with Crippen molar-refractivity contribution in [2.24, 2.45) is 5.92 Å². The normalized spacial score (nSPS) is 16.6. The van der Waals surface area contributed by atoms with Crippen molar-refractivity contribution < 1.29 is 5.11 Å². The first-order chi connectivity index (χ1) is 8.43. The van der Waals surface area contributed by atoms with Gasteiger partial charge in [-0.25, -0.2) is 0 Å². The lowest BCUT2D eigenvalue weighted by Crippen LogP contribution is -2.38. The average molecular weight is 249 g/mol. The highest BCUT2D eigenvalue weighted by Crippen LogP contribution is 2.33. The summed E-state index contributed by atoms with van der Waals surface area (Å²) in [5, 5.41) is 11.0. The van der Waals surface area contributed by atoms with Crippen molar-refractivity contribution in [3.63, 3.8) is 0 Å². The van der Waals surface area contributed by atoms with Crippen LogP contribution in [-0.2, 0) is 12.0 Å². The second-order valence-corrected chi connectivity index (χ2v) is 5.50. The number of aliphatic hydroxyl groups is 1. The van der Waals surface area contributed by atoms with Gasteiger partial charge in [0.05, 0.1) is 5.60 Å². The molecule has 0 saturated carbocycles. The summed E-state index contributed by atoms with van der Waals surface area (Å²) in [6.45, 7) is 7.22. The van der Waals surface area contributed by atoms with Crippen molar-refractivity contribution >= 4 is 0 Å². The molecule has 2 heteroatoms. The van der Waals surface area contributed by atoms with E-state index >= 15 is 0 Å². The maximum atomic E-state index is 11.0. The van der Waals surface area contributed by atoms with Crippen LogP contribution in [0.25, 0.3) is 0 Å². The molecule has 0 spiro atoms. The van der Waals surface area contributed by atoms with E-state index in [2.05, 4.69) is 64.0 Å². The summed E-state index contributed by atoms with van der Waals surface area (Å²) in [4.78, 5) is 2.13. The van der Waals surface area contributed by atoms with Gasteiger partial charge in [0.2, 0.25) is 0 Å². The molecule has 1 aromatic carbocycles. The van der Waals surface area contributed by atoms with Crippen molar-refractivity contribution in [1.82, 2.24) is 4.90 Å². The molecule has 0 aliphatic rings. The van der Waals surface area contributed by atoms with Gasteiger partial charge in [0, 0.05) is 12.5 Å². The molecule has 0 amide bonds. The van der Waals surface area contributed by atoms with Gasteiger partial charge in [-0.05, 0) is 38.1 Å². The van der Waals surface area contributed by atoms with Crippen LogP contribution in [0.4, 0.5) is 0 Å². The highest BCUT2D eigenvalue weighted by atomic mass is 16.3. The van der Waals surface area contributed by atoms with E-state index in [1.165, 1.54) is 5.56 Å². The van der Waals surface area contributed by atoms with Crippen LogP contribution in [0.1, 0.15) is 38.3 Å². The van der Waals surface area contributed by atoms with Crippen LogP contribution >= 0.6 is 0 Å². The van der Waals surface area contributed by atoms with Gasteiger partial charge in [-0.2, -0.15) is 0 Å². The molecule has 2 nitrogen and oxygen atoms in total. The molecule has 0 aliphatic heterocycles. The Morgan fingerprint density at radius 3 is 2.44 bits per heavy atom. The molecule has 0 saturated heterocycles. The van der Waals surface area contributed by atoms with Gasteiger partial charge in [0.1, 0.15) is 0 Å². The molecule has 0 bridgehead atoms. The van der Waals surface area contributed by atoms with Gasteiger partial charge in [0.25, 0.3) is 0 Å². The molecule has 0 aliphatic carbocycles. The number of rotatable bonds is 6. The van der Waals surface area contributed by atoms with Crippen LogP contribution in [0, 0.1) is 5.92 Å². The smallest absolute Gasteiger partial charge is 0.0931 e. The number of hydrogen-bond donors (Lipinski definition) is 1. The fourth-order valence-electron chi connectivity index (χ4n) is 2.60. The second-order valence-electron chi connectivity index (χ2n) is 5.50. The monoisotopic (exact) mass is 249 g/mol. The van der Waals surface area contributed by atoms with Crippen molar-refractivity contribution in [3.8, 4) is 0 Å². The number of benzene rings is 1. The number of aryl methyl sites for hydroxylation is 1. The Kier molecular flexibility index (Phi) is 5.36. The molecule has 1 rings (SSSR count). The molecule has 1 aromatic rings. The lowest BCUT2D eigenvalue weighted by molar-refractivity contribution is -0.0292. The predicted molar refractivity (Wildman–Crippen MR) is 77.7 cm³/mol. The van der Waals surface area contributed by atoms with Crippen LogP contribution in [-0.4, -0.2) is 30.6 Å². The van der Waals surface area contributed by atoms with E-state index in [0.29, 0.717) is 0 Å². The van der Waals surface area contributed by atoms with E-state index in [1.54, 1.807) is 0 Å². The summed E-state index contributed by atoms with van der Waals surface area (Å²) < 4.78 is 0. The third-order valence-corrected chi connectivity index (χ3v) is 3.83. The van der Waals surface area contributed by atoms with Gasteiger partial charge < -0.3 is 10.0 Å². The van der Waals surface area contributed by atoms with Gasteiger partial charge in [0.15, 0.2) is 0 Å². The van der Waals surface area contributed by atoms with Crippen LogP contribution in [0.15, 0.2) is 24.3 Å². The third kappa shape index (κ3) is 3.33. The minimum atomic E-state index is -0.727. The fourth-order valence-corrected chi connectivity index (χ4v) is 2.60. The molecule has 0 aromatic heterocycles. The minimum absolute atomic E-state index is 0.213. The Hall–Kier alpha value is -0.860. The summed E-state index contributed by atoms with van der Waals surface area (Å²) in [5.41, 5.74) is 1.62. The summed E-state index contributed by atoms with van der Waals surface area (Å²) in [6, 6.07) is 8.37. The molecule has 2 unspecified atom stereocenters. The highest BCUT2D eigenvalue weighted by molar-refractivity contribution is 5.29. The largest absolute Gasteiger partial charge is 0.385 e. The fraction of sp³-hybridized carbons (Fsp3) is 0.625. The van der Waals surface area contributed by atoms with Gasteiger partial charge in [-0.3, -0.25) is 0 Å². The standard InChI is InChI=1S/C16H27NO/c1-6-14-9-8-10-15(11-14)16(18,7-2)13(3)12-17(4)5/h8-11,13,18H,6-7,12H2,1-5H3. The molecular weight excluding hydrogens is 222 g/mol. The maximum Gasteiger partial charge on any atom is 0.0931 e. The van der Waals surface area contributed by atoms with Crippen molar-refractivity contribution in [2.45, 2.75) is 39.2 Å². The highest BCUT2D eigenvalue weighted by Gasteiger charge is 2.34. The summed E-state index contributed by atoms with van der Waals surface area (Å²) in [6.07, 6.45) is 1.75. The van der Waals surface area contributed by atoms with Crippen LogP contribution in [0.3, 0.4) is 0 Å². The van der Waals surface area contributed by atoms with Gasteiger partial charge >= 0.3 is 0 Å². The van der Waals surface area contributed by atoms with Crippen LogP contribution < -0.4 is 0 Å². The summed E-state index contributed by atoms with van der Waals surface area (Å²) >= 11 is 0. The van der Waals surface area contributed by atoms with E-state index < -0.39 is 5.60 Å². The Morgan fingerprint density at radius 2 is 1.94 bits per heavy atom. The van der Waals surface area contributed by atoms with E-state index in [9.17, 15) is 5.11 Å². The minimum Gasteiger partial charge on any atom is -0.385 e. The zero-order valence-electron chi connectivity index (χ0n) is 12.4. The molecule has 1 N–H and O–H groups in total. The van der Waals surface area contributed by atoms with Crippen molar-refractivity contribution in [1.29, 1.82) is 0 Å². The van der Waals surface area contributed by atoms with E-state index in [0.717, 1.165) is 24.9 Å². The topological polar surface area (TPSA) is 23.5 Å². The Labute approximate surface area is 112 Å². The Bertz CT molecular complexity index is 375. The first kappa shape index (κ1) is 15.2. The Morgan fingerprint density at radius 1 is 1.28 bits per heavy atom. The van der Waals surface area contributed by atoms with Crippen LogP contribution in [0.2, 0.25) is 0 Å². The predicted octanol–water partition coefficient (Wildman–Crippen LogP) is 3.04. The first-order valence-corrected chi connectivity index (χ1v) is 6.90. The van der Waals surface area contributed by atoms with Crippen LogP contribution in [0.5, 0.6) is 0 Å². The zero-order chi connectivity index (χ0) is 13.8. The quantitative estimate of drug-likeness (QED) is 0.837. The first-order valence-electron chi connectivity index (χ1n) is 6.90. The van der Waals surface area contributed by atoms with E-state index in [4.69, 9.17) is 0 Å². The lowest BCUT2D eigenvalue weighted by Gasteiger charge is -2.35. The molecule has 0 heterocycles. The van der Waals surface area contributed by atoms with Gasteiger partial charge in [-0.1, -0.05) is 45.0 Å². The average Bonchev–Trinajstić information content (AvgIpc) is 2.37. The zero-order valence-corrected chi connectivity index (χ0v) is 12.4. The molecule has 102 valence electrons. The lowest BCUT2D eigenvalue weighted by atomic mass is 9.79. The summed E-state index contributed by atoms with van der Waals surface area (Å²) in [5.74, 6) is 0.213. The molecule has 0 fully saturated rings. The Balaban J connectivity index is 3.05. The number of hydrogen-bond acceptors (Lipinski definition) is 2. The van der Waals surface area contributed by atoms with E-state index in [1.807, 2.05) is 0 Å². The maximum absolute atomic E-state index is 11.0. The summed E-state index contributed by atoms with van der Waals surface area (Å²) in [7, 11) is 4.10. The number of nitrogens with zero attached hydrogens (tertiary/aromatic N) is 1. The second kappa shape index (κ2) is 6.35.